The van der Waals surface area contributed by atoms with Crippen LogP contribution in [-0.4, -0.2) is 29.5 Å². The number of hydrogen-bond acceptors (Lipinski definition) is 3. The minimum Gasteiger partial charge on any atom is -0.490 e. The van der Waals surface area contributed by atoms with E-state index in [1.807, 2.05) is 10.9 Å². The molecule has 0 aliphatic rings. The molecule has 0 aliphatic heterocycles. The molecular weight excluding hydrogens is 202 g/mol. The summed E-state index contributed by atoms with van der Waals surface area (Å²) in [5.41, 5.74) is 0. The molecule has 0 unspecified atom stereocenters. The van der Waals surface area contributed by atoms with Gasteiger partial charge in [0.05, 0.1) is 19.0 Å². The Hall–Kier alpha value is -1.03. The number of aromatic nitrogens is 2. The van der Waals surface area contributed by atoms with Crippen molar-refractivity contribution in [2.24, 2.45) is 0 Å². The van der Waals surface area contributed by atoms with Gasteiger partial charge < -0.3 is 10.1 Å². The van der Waals surface area contributed by atoms with Gasteiger partial charge in [0.2, 0.25) is 0 Å². The lowest BCUT2D eigenvalue weighted by Gasteiger charge is -2.04. The zero-order chi connectivity index (χ0) is 11.6. The highest BCUT2D eigenvalue weighted by atomic mass is 16.5. The van der Waals surface area contributed by atoms with Crippen LogP contribution in [0, 0.1) is 0 Å². The van der Waals surface area contributed by atoms with E-state index in [1.165, 1.54) is 6.42 Å². The standard InChI is InChI=1S/C12H23N3O/c1-3-6-13-7-5-9-16-12-10-14-15(11-12)8-4-2/h10-11,13H,3-9H2,1-2H3. The number of hydrogen-bond donors (Lipinski definition) is 1. The van der Waals surface area contributed by atoms with Crippen molar-refractivity contribution < 1.29 is 4.74 Å². The normalized spacial score (nSPS) is 10.6. The topological polar surface area (TPSA) is 39.1 Å². The zero-order valence-corrected chi connectivity index (χ0v) is 10.4. The van der Waals surface area contributed by atoms with Crippen LogP contribution in [-0.2, 0) is 6.54 Å². The number of rotatable bonds is 9. The Kier molecular flexibility index (Phi) is 6.65. The molecule has 4 nitrogen and oxygen atoms in total. The van der Waals surface area contributed by atoms with Crippen molar-refractivity contribution in [3.63, 3.8) is 0 Å². The predicted octanol–water partition coefficient (Wildman–Crippen LogP) is 2.06. The molecule has 92 valence electrons. The Bertz CT molecular complexity index is 273. The maximum Gasteiger partial charge on any atom is 0.157 e. The molecule has 0 radical (unpaired) electrons. The van der Waals surface area contributed by atoms with Crippen LogP contribution in [0.4, 0.5) is 0 Å². The fraction of sp³-hybridized carbons (Fsp3) is 0.750. The molecule has 1 N–H and O–H groups in total. The fourth-order valence-electron chi connectivity index (χ4n) is 1.46. The van der Waals surface area contributed by atoms with E-state index in [2.05, 4.69) is 24.3 Å². The first-order valence-corrected chi connectivity index (χ1v) is 6.22. The van der Waals surface area contributed by atoms with Crippen molar-refractivity contribution in [1.29, 1.82) is 0 Å². The summed E-state index contributed by atoms with van der Waals surface area (Å²) in [6.07, 6.45) is 7.07. The van der Waals surface area contributed by atoms with E-state index in [0.717, 1.165) is 44.8 Å². The molecule has 1 aromatic heterocycles. The van der Waals surface area contributed by atoms with Crippen molar-refractivity contribution >= 4 is 0 Å². The van der Waals surface area contributed by atoms with Gasteiger partial charge in [-0.05, 0) is 32.4 Å². The van der Waals surface area contributed by atoms with Gasteiger partial charge in [-0.3, -0.25) is 4.68 Å². The first-order valence-electron chi connectivity index (χ1n) is 6.22. The van der Waals surface area contributed by atoms with Crippen molar-refractivity contribution in [1.82, 2.24) is 15.1 Å². The van der Waals surface area contributed by atoms with Gasteiger partial charge >= 0.3 is 0 Å². The molecular formula is C12H23N3O. The average molecular weight is 225 g/mol. The summed E-state index contributed by atoms with van der Waals surface area (Å²) < 4.78 is 7.51. The number of aryl methyl sites for hydroxylation is 1. The molecule has 4 heteroatoms. The Morgan fingerprint density at radius 2 is 2.19 bits per heavy atom. The van der Waals surface area contributed by atoms with Crippen LogP contribution in [0.15, 0.2) is 12.4 Å². The lowest BCUT2D eigenvalue weighted by Crippen LogP contribution is -2.17. The van der Waals surface area contributed by atoms with Gasteiger partial charge in [0.15, 0.2) is 5.75 Å². The summed E-state index contributed by atoms with van der Waals surface area (Å²) >= 11 is 0. The van der Waals surface area contributed by atoms with Gasteiger partial charge in [0, 0.05) is 6.54 Å². The smallest absolute Gasteiger partial charge is 0.157 e. The Balaban J connectivity index is 2.07. The largest absolute Gasteiger partial charge is 0.490 e. The van der Waals surface area contributed by atoms with Crippen molar-refractivity contribution in [2.45, 2.75) is 39.7 Å². The minimum atomic E-state index is 0.758. The van der Waals surface area contributed by atoms with E-state index in [0.29, 0.717) is 0 Å². The quantitative estimate of drug-likeness (QED) is 0.654. The van der Waals surface area contributed by atoms with E-state index >= 15 is 0 Å². The van der Waals surface area contributed by atoms with E-state index in [9.17, 15) is 0 Å². The minimum absolute atomic E-state index is 0.758. The lowest BCUT2D eigenvalue weighted by molar-refractivity contribution is 0.308. The molecule has 1 aromatic rings. The van der Waals surface area contributed by atoms with E-state index < -0.39 is 0 Å². The predicted molar refractivity (Wildman–Crippen MR) is 65.8 cm³/mol. The van der Waals surface area contributed by atoms with Crippen molar-refractivity contribution in [3.8, 4) is 5.75 Å². The number of nitrogens with zero attached hydrogens (tertiary/aromatic N) is 2. The van der Waals surface area contributed by atoms with Gasteiger partial charge in [0.25, 0.3) is 0 Å². The average Bonchev–Trinajstić information content (AvgIpc) is 2.72. The van der Waals surface area contributed by atoms with Gasteiger partial charge in [-0.15, -0.1) is 0 Å². The van der Waals surface area contributed by atoms with Crippen LogP contribution < -0.4 is 10.1 Å². The molecule has 0 aromatic carbocycles. The molecule has 0 spiro atoms. The Labute approximate surface area is 98.0 Å². The van der Waals surface area contributed by atoms with E-state index in [4.69, 9.17) is 4.74 Å². The summed E-state index contributed by atoms with van der Waals surface area (Å²) in [6, 6.07) is 0. The molecule has 0 fully saturated rings. The van der Waals surface area contributed by atoms with E-state index in [1.54, 1.807) is 6.20 Å². The third-order valence-electron chi connectivity index (χ3n) is 2.26. The monoisotopic (exact) mass is 225 g/mol. The summed E-state index contributed by atoms with van der Waals surface area (Å²) in [5.74, 6) is 0.879. The maximum atomic E-state index is 5.59. The van der Waals surface area contributed by atoms with Gasteiger partial charge in [-0.2, -0.15) is 5.10 Å². The molecule has 0 aliphatic carbocycles. The first kappa shape index (κ1) is 13.0. The molecule has 1 rings (SSSR count). The fourth-order valence-corrected chi connectivity index (χ4v) is 1.46. The second kappa shape index (κ2) is 8.16. The van der Waals surface area contributed by atoms with Crippen molar-refractivity contribution in [3.05, 3.63) is 12.4 Å². The van der Waals surface area contributed by atoms with Crippen LogP contribution >= 0.6 is 0 Å². The molecule has 0 atom stereocenters. The second-order valence-electron chi connectivity index (χ2n) is 3.89. The molecule has 0 saturated carbocycles. The third kappa shape index (κ3) is 5.16. The van der Waals surface area contributed by atoms with Gasteiger partial charge in [0.1, 0.15) is 0 Å². The zero-order valence-electron chi connectivity index (χ0n) is 10.4. The van der Waals surface area contributed by atoms with Gasteiger partial charge in [-0.25, -0.2) is 0 Å². The Morgan fingerprint density at radius 3 is 2.94 bits per heavy atom. The summed E-state index contributed by atoms with van der Waals surface area (Å²) in [7, 11) is 0. The summed E-state index contributed by atoms with van der Waals surface area (Å²) in [6.45, 7) is 8.15. The summed E-state index contributed by atoms with van der Waals surface area (Å²) in [5, 5.41) is 7.56. The molecule has 16 heavy (non-hydrogen) atoms. The maximum absolute atomic E-state index is 5.59. The molecule has 0 saturated heterocycles. The first-order chi connectivity index (χ1) is 7.86. The molecule has 0 bridgehead atoms. The van der Waals surface area contributed by atoms with Crippen LogP contribution in [0.25, 0.3) is 0 Å². The van der Waals surface area contributed by atoms with Crippen molar-refractivity contribution in [2.75, 3.05) is 19.7 Å². The van der Waals surface area contributed by atoms with Crippen LogP contribution in [0.5, 0.6) is 5.75 Å². The molecule has 1 heterocycles. The lowest BCUT2D eigenvalue weighted by atomic mass is 10.4. The van der Waals surface area contributed by atoms with Crippen LogP contribution in [0.3, 0.4) is 0 Å². The third-order valence-corrected chi connectivity index (χ3v) is 2.26. The van der Waals surface area contributed by atoms with Gasteiger partial charge in [-0.1, -0.05) is 13.8 Å². The second-order valence-corrected chi connectivity index (χ2v) is 3.89. The Morgan fingerprint density at radius 1 is 1.31 bits per heavy atom. The summed E-state index contributed by atoms with van der Waals surface area (Å²) in [4.78, 5) is 0. The van der Waals surface area contributed by atoms with Crippen LogP contribution in [0.2, 0.25) is 0 Å². The number of ether oxygens (including phenoxy) is 1. The van der Waals surface area contributed by atoms with Crippen LogP contribution in [0.1, 0.15) is 33.1 Å². The highest BCUT2D eigenvalue weighted by molar-refractivity contribution is 5.11. The SMILES string of the molecule is CCCNCCCOc1cnn(CCC)c1. The highest BCUT2D eigenvalue weighted by Crippen LogP contribution is 2.08. The van der Waals surface area contributed by atoms with E-state index in [-0.39, 0.29) is 0 Å². The number of nitrogens with one attached hydrogen (secondary N) is 1. The highest BCUT2D eigenvalue weighted by Gasteiger charge is 1.98. The molecule has 0 amide bonds.